The highest BCUT2D eigenvalue weighted by atomic mass is 35.5. The van der Waals surface area contributed by atoms with Crippen molar-refractivity contribution < 1.29 is 4.90 Å². The molecule has 0 bridgehead atoms. The van der Waals surface area contributed by atoms with Gasteiger partial charge >= 0.3 is 0 Å². The summed E-state index contributed by atoms with van der Waals surface area (Å²) in [6.07, 6.45) is 2.58. The molecule has 0 radical (unpaired) electrons. The molecule has 78 valence electrons. The summed E-state index contributed by atoms with van der Waals surface area (Å²) < 4.78 is 0. The second-order valence-electron chi connectivity index (χ2n) is 3.86. The van der Waals surface area contributed by atoms with Crippen LogP contribution in [0.2, 0.25) is 5.02 Å². The molecule has 2 heteroatoms. The first-order valence-corrected chi connectivity index (χ1v) is 5.66. The van der Waals surface area contributed by atoms with E-state index < -0.39 is 0 Å². The largest absolute Gasteiger partial charge is 0.334 e. The van der Waals surface area contributed by atoms with Crippen LogP contribution < -0.4 is 4.90 Å². The lowest BCUT2D eigenvalue weighted by Gasteiger charge is -2.13. The third-order valence-corrected chi connectivity index (χ3v) is 2.63. The van der Waals surface area contributed by atoms with Gasteiger partial charge in [-0.15, -0.1) is 0 Å². The molecule has 1 aromatic carbocycles. The average molecular weight is 213 g/mol. The average Bonchev–Trinajstić information content (AvgIpc) is 2.18. The Morgan fingerprint density at radius 1 is 1.21 bits per heavy atom. The summed E-state index contributed by atoms with van der Waals surface area (Å²) in [7, 11) is 2.24. The molecule has 0 aliphatic carbocycles. The molecule has 0 aliphatic heterocycles. The Morgan fingerprint density at radius 3 is 2.43 bits per heavy atom. The number of benzene rings is 1. The van der Waals surface area contributed by atoms with E-state index in [1.165, 1.54) is 24.9 Å². The maximum atomic E-state index is 5.83. The Bertz CT molecular complexity index is 256. The van der Waals surface area contributed by atoms with Gasteiger partial charge in [0.15, 0.2) is 0 Å². The van der Waals surface area contributed by atoms with Gasteiger partial charge in [0.25, 0.3) is 0 Å². The predicted molar refractivity (Wildman–Crippen MR) is 61.8 cm³/mol. The van der Waals surface area contributed by atoms with Crippen LogP contribution in [0.5, 0.6) is 0 Å². The highest BCUT2D eigenvalue weighted by Gasteiger charge is 2.02. The molecule has 0 saturated heterocycles. The fourth-order valence-electron chi connectivity index (χ4n) is 1.52. The Labute approximate surface area is 91.7 Å². The zero-order valence-electron chi connectivity index (χ0n) is 9.02. The number of hydrogen-bond acceptors (Lipinski definition) is 0. The van der Waals surface area contributed by atoms with E-state index in [0.717, 1.165) is 11.6 Å². The molecule has 0 aromatic heterocycles. The van der Waals surface area contributed by atoms with E-state index in [1.807, 2.05) is 12.1 Å². The van der Waals surface area contributed by atoms with E-state index in [4.69, 9.17) is 11.6 Å². The Morgan fingerprint density at radius 2 is 1.86 bits per heavy atom. The maximum absolute atomic E-state index is 5.83. The Kier molecular flexibility index (Phi) is 4.99. The highest BCUT2D eigenvalue weighted by molar-refractivity contribution is 6.30. The quantitative estimate of drug-likeness (QED) is 0.763. The predicted octanol–water partition coefficient (Wildman–Crippen LogP) is 2.15. The van der Waals surface area contributed by atoms with E-state index in [1.54, 1.807) is 4.90 Å². The Hall–Kier alpha value is -0.530. The van der Waals surface area contributed by atoms with Crippen LogP contribution in [-0.4, -0.2) is 13.6 Å². The molecule has 0 saturated carbocycles. The van der Waals surface area contributed by atoms with E-state index >= 15 is 0 Å². The van der Waals surface area contributed by atoms with Crippen molar-refractivity contribution in [3.05, 3.63) is 34.9 Å². The Balaban J connectivity index is 2.39. The topological polar surface area (TPSA) is 4.44 Å². The van der Waals surface area contributed by atoms with Crippen LogP contribution in [0.4, 0.5) is 0 Å². The van der Waals surface area contributed by atoms with Crippen molar-refractivity contribution >= 4 is 11.6 Å². The number of nitrogens with one attached hydrogen (secondary N) is 1. The minimum Gasteiger partial charge on any atom is -0.334 e. The second kappa shape index (κ2) is 6.05. The molecule has 0 aliphatic rings. The second-order valence-corrected chi connectivity index (χ2v) is 4.30. The van der Waals surface area contributed by atoms with Gasteiger partial charge in [0.1, 0.15) is 6.54 Å². The zero-order chi connectivity index (χ0) is 10.4. The van der Waals surface area contributed by atoms with Gasteiger partial charge in [-0.3, -0.25) is 0 Å². The van der Waals surface area contributed by atoms with Crippen molar-refractivity contribution in [2.24, 2.45) is 0 Å². The molecular weight excluding hydrogens is 194 g/mol. The molecule has 1 rings (SSSR count). The SMILES string of the molecule is CCCC[NH+](C)Cc1ccc(Cl)cc1. The summed E-state index contributed by atoms with van der Waals surface area (Å²) in [5.74, 6) is 0. The zero-order valence-corrected chi connectivity index (χ0v) is 9.77. The first-order valence-electron chi connectivity index (χ1n) is 5.28. The van der Waals surface area contributed by atoms with Crippen molar-refractivity contribution in [2.75, 3.05) is 13.6 Å². The number of halogens is 1. The molecule has 1 atom stereocenters. The lowest BCUT2D eigenvalue weighted by molar-refractivity contribution is -0.894. The summed E-state index contributed by atoms with van der Waals surface area (Å²) >= 11 is 5.83. The number of hydrogen-bond donors (Lipinski definition) is 1. The third kappa shape index (κ3) is 4.12. The first-order chi connectivity index (χ1) is 6.72. The molecule has 0 amide bonds. The number of quaternary nitrogens is 1. The van der Waals surface area contributed by atoms with E-state index in [2.05, 4.69) is 26.1 Å². The van der Waals surface area contributed by atoms with Gasteiger partial charge in [0, 0.05) is 10.6 Å². The minimum absolute atomic E-state index is 0.819. The third-order valence-electron chi connectivity index (χ3n) is 2.38. The lowest BCUT2D eigenvalue weighted by Crippen LogP contribution is -3.07. The molecule has 1 aromatic rings. The van der Waals surface area contributed by atoms with E-state index in [0.29, 0.717) is 0 Å². The molecule has 14 heavy (non-hydrogen) atoms. The van der Waals surface area contributed by atoms with Crippen molar-refractivity contribution in [3.8, 4) is 0 Å². The summed E-state index contributed by atoms with van der Waals surface area (Å²) in [5, 5.41) is 0.819. The fourth-order valence-corrected chi connectivity index (χ4v) is 1.64. The lowest BCUT2D eigenvalue weighted by atomic mass is 10.2. The summed E-state index contributed by atoms with van der Waals surface area (Å²) in [5.41, 5.74) is 1.36. The van der Waals surface area contributed by atoms with Gasteiger partial charge in [-0.2, -0.15) is 0 Å². The van der Waals surface area contributed by atoms with Gasteiger partial charge in [-0.05, 0) is 18.6 Å². The van der Waals surface area contributed by atoms with Crippen LogP contribution in [-0.2, 0) is 6.54 Å². The van der Waals surface area contributed by atoms with Crippen LogP contribution in [0, 0.1) is 0 Å². The van der Waals surface area contributed by atoms with Crippen molar-refractivity contribution in [2.45, 2.75) is 26.3 Å². The molecule has 1 unspecified atom stereocenters. The molecular formula is C12H19ClN+. The fraction of sp³-hybridized carbons (Fsp3) is 0.500. The molecule has 1 nitrogen and oxygen atoms in total. The maximum Gasteiger partial charge on any atom is 0.103 e. The van der Waals surface area contributed by atoms with Gasteiger partial charge in [-0.25, -0.2) is 0 Å². The van der Waals surface area contributed by atoms with Crippen LogP contribution in [0.1, 0.15) is 25.3 Å². The smallest absolute Gasteiger partial charge is 0.103 e. The van der Waals surface area contributed by atoms with E-state index in [9.17, 15) is 0 Å². The first kappa shape index (κ1) is 11.5. The van der Waals surface area contributed by atoms with Crippen LogP contribution in [0.25, 0.3) is 0 Å². The van der Waals surface area contributed by atoms with Gasteiger partial charge < -0.3 is 4.90 Å². The van der Waals surface area contributed by atoms with E-state index in [-0.39, 0.29) is 0 Å². The van der Waals surface area contributed by atoms with Gasteiger partial charge in [0.05, 0.1) is 13.6 Å². The van der Waals surface area contributed by atoms with Crippen molar-refractivity contribution in [3.63, 3.8) is 0 Å². The standard InChI is InChI=1S/C12H18ClN/c1-3-4-9-14(2)10-11-5-7-12(13)8-6-11/h5-8H,3-4,9-10H2,1-2H3/p+1. The molecule has 1 N–H and O–H groups in total. The highest BCUT2D eigenvalue weighted by Crippen LogP contribution is 2.08. The molecule has 0 spiro atoms. The summed E-state index contributed by atoms with van der Waals surface area (Å²) in [4.78, 5) is 1.56. The minimum atomic E-state index is 0.819. The summed E-state index contributed by atoms with van der Waals surface area (Å²) in [6, 6.07) is 8.14. The summed E-state index contributed by atoms with van der Waals surface area (Å²) in [6.45, 7) is 4.58. The van der Waals surface area contributed by atoms with Crippen LogP contribution >= 0.6 is 11.6 Å². The molecule has 0 fully saturated rings. The van der Waals surface area contributed by atoms with Crippen molar-refractivity contribution in [1.29, 1.82) is 0 Å². The normalized spacial score (nSPS) is 12.8. The number of unbranched alkanes of at least 4 members (excludes halogenated alkanes) is 1. The van der Waals surface area contributed by atoms with Gasteiger partial charge in [0.2, 0.25) is 0 Å². The van der Waals surface area contributed by atoms with Crippen LogP contribution in [0.15, 0.2) is 24.3 Å². The number of rotatable bonds is 5. The van der Waals surface area contributed by atoms with Crippen LogP contribution in [0.3, 0.4) is 0 Å². The van der Waals surface area contributed by atoms with Gasteiger partial charge in [-0.1, -0.05) is 37.1 Å². The van der Waals surface area contributed by atoms with Crippen molar-refractivity contribution in [1.82, 2.24) is 0 Å². The molecule has 0 heterocycles. The monoisotopic (exact) mass is 212 g/mol.